The third-order valence-electron chi connectivity index (χ3n) is 3.32. The van der Waals surface area contributed by atoms with Crippen molar-refractivity contribution in [2.75, 3.05) is 20.3 Å². The molecule has 0 unspecified atom stereocenters. The highest BCUT2D eigenvalue weighted by Gasteiger charge is 2.27. The van der Waals surface area contributed by atoms with Gasteiger partial charge in [-0.1, -0.05) is 11.6 Å². The first-order valence-corrected chi connectivity index (χ1v) is 6.39. The van der Waals surface area contributed by atoms with E-state index in [-0.39, 0.29) is 11.8 Å². The number of amides is 1. The third kappa shape index (κ3) is 2.52. The number of hydrogen-bond donors (Lipinski definition) is 0. The lowest BCUT2D eigenvalue weighted by Crippen LogP contribution is -2.32. The van der Waals surface area contributed by atoms with E-state index in [0.717, 1.165) is 17.7 Å². The number of aryl methyl sites for hydroxylation is 2. The minimum absolute atomic E-state index is 0.00856. The molecule has 0 saturated carbocycles. The normalized spacial score (nSPS) is 19.2. The summed E-state index contributed by atoms with van der Waals surface area (Å²) in [5, 5.41) is 4.84. The van der Waals surface area contributed by atoms with Gasteiger partial charge in [0.1, 0.15) is 5.15 Å². The Kier molecular flexibility index (Phi) is 3.92. The lowest BCUT2D eigenvalue weighted by molar-refractivity contribution is -0.134. The van der Waals surface area contributed by atoms with E-state index in [1.807, 2.05) is 6.92 Å². The Labute approximate surface area is 112 Å². The average Bonchev–Trinajstić information content (AvgIpc) is 2.93. The van der Waals surface area contributed by atoms with Gasteiger partial charge in [-0.2, -0.15) is 5.10 Å². The fraction of sp³-hybridized carbons (Fsp3) is 0.667. The fourth-order valence-electron chi connectivity index (χ4n) is 2.21. The molecule has 1 atom stereocenters. The molecule has 6 heteroatoms. The van der Waals surface area contributed by atoms with E-state index in [4.69, 9.17) is 16.3 Å². The van der Waals surface area contributed by atoms with Crippen LogP contribution in [0.2, 0.25) is 5.15 Å². The molecule has 0 aliphatic carbocycles. The molecule has 1 saturated heterocycles. The molecule has 0 bridgehead atoms. The summed E-state index contributed by atoms with van der Waals surface area (Å²) in [7, 11) is 3.59. The Morgan fingerprint density at radius 1 is 1.67 bits per heavy atom. The number of ether oxygens (including phenoxy) is 1. The second kappa shape index (κ2) is 5.28. The van der Waals surface area contributed by atoms with Gasteiger partial charge in [0.25, 0.3) is 0 Å². The van der Waals surface area contributed by atoms with Gasteiger partial charge in [0.15, 0.2) is 0 Å². The predicted molar refractivity (Wildman–Crippen MR) is 68.4 cm³/mol. The molecule has 1 fully saturated rings. The summed E-state index contributed by atoms with van der Waals surface area (Å²) in [4.78, 5) is 13.9. The second-order valence-electron chi connectivity index (χ2n) is 4.73. The van der Waals surface area contributed by atoms with Crippen LogP contribution >= 0.6 is 11.6 Å². The lowest BCUT2D eigenvalue weighted by Gasteiger charge is -2.20. The number of aromatic nitrogens is 2. The van der Waals surface area contributed by atoms with Gasteiger partial charge >= 0.3 is 0 Å². The number of nitrogens with zero attached hydrogens (tertiary/aromatic N) is 3. The van der Waals surface area contributed by atoms with Crippen LogP contribution < -0.4 is 0 Å². The smallest absolute Gasteiger partial charge is 0.228 e. The van der Waals surface area contributed by atoms with Gasteiger partial charge in [-0.05, 0) is 13.3 Å². The Morgan fingerprint density at radius 3 is 2.89 bits per heavy atom. The molecular formula is C12H18ClN3O2. The second-order valence-corrected chi connectivity index (χ2v) is 5.09. The van der Waals surface area contributed by atoms with Crippen molar-refractivity contribution >= 4 is 17.5 Å². The van der Waals surface area contributed by atoms with Crippen molar-refractivity contribution < 1.29 is 9.53 Å². The predicted octanol–water partition coefficient (Wildman–Crippen LogP) is 1.38. The summed E-state index contributed by atoms with van der Waals surface area (Å²) < 4.78 is 6.87. The van der Waals surface area contributed by atoms with Gasteiger partial charge in [0, 0.05) is 26.3 Å². The van der Waals surface area contributed by atoms with Crippen molar-refractivity contribution in [3.05, 3.63) is 16.4 Å². The van der Waals surface area contributed by atoms with Crippen LogP contribution in [0, 0.1) is 12.8 Å². The summed E-state index contributed by atoms with van der Waals surface area (Å²) in [6.07, 6.45) is 0.808. The highest BCUT2D eigenvalue weighted by atomic mass is 35.5. The number of rotatable bonds is 3. The average molecular weight is 272 g/mol. The molecule has 1 aliphatic heterocycles. The number of carbonyl (C=O) groups excluding carboxylic acids is 1. The molecule has 0 N–H and O–H groups in total. The quantitative estimate of drug-likeness (QED) is 0.834. The van der Waals surface area contributed by atoms with Crippen molar-refractivity contribution in [3.8, 4) is 0 Å². The molecule has 0 radical (unpaired) electrons. The summed E-state index contributed by atoms with van der Waals surface area (Å²) in [5.74, 6) is 0.109. The first-order chi connectivity index (χ1) is 8.50. The zero-order chi connectivity index (χ0) is 13.3. The van der Waals surface area contributed by atoms with E-state index in [0.29, 0.717) is 24.9 Å². The van der Waals surface area contributed by atoms with Gasteiger partial charge in [-0.15, -0.1) is 0 Å². The van der Waals surface area contributed by atoms with Crippen molar-refractivity contribution in [1.29, 1.82) is 0 Å². The van der Waals surface area contributed by atoms with E-state index in [1.54, 1.807) is 23.7 Å². The maximum atomic E-state index is 12.2. The number of carbonyl (C=O) groups is 1. The first kappa shape index (κ1) is 13.4. The van der Waals surface area contributed by atoms with E-state index < -0.39 is 0 Å². The minimum atomic E-state index is -0.00856. The standard InChI is InChI=1S/C12H18ClN3O2/c1-8-10(11(13)16(3)14-8)6-15(2)12(17)9-4-5-18-7-9/h9H,4-7H2,1-3H3/t9-/m1/s1. The van der Waals surface area contributed by atoms with Gasteiger partial charge in [0.05, 0.1) is 24.8 Å². The molecule has 1 aromatic rings. The van der Waals surface area contributed by atoms with Gasteiger partial charge in [-0.3, -0.25) is 9.48 Å². The van der Waals surface area contributed by atoms with Gasteiger partial charge in [0.2, 0.25) is 5.91 Å². The van der Waals surface area contributed by atoms with E-state index in [2.05, 4.69) is 5.10 Å². The van der Waals surface area contributed by atoms with Crippen LogP contribution in [-0.4, -0.2) is 40.8 Å². The van der Waals surface area contributed by atoms with E-state index in [1.165, 1.54) is 0 Å². The minimum Gasteiger partial charge on any atom is -0.381 e. The topological polar surface area (TPSA) is 47.4 Å². The molecule has 2 rings (SSSR count). The fourth-order valence-corrected chi connectivity index (χ4v) is 2.44. The summed E-state index contributed by atoms with van der Waals surface area (Å²) >= 11 is 6.16. The van der Waals surface area contributed by atoms with Crippen LogP contribution in [0.1, 0.15) is 17.7 Å². The summed E-state index contributed by atoms with van der Waals surface area (Å²) in [5.41, 5.74) is 1.78. The molecule has 18 heavy (non-hydrogen) atoms. The molecule has 1 aliphatic rings. The molecule has 1 amide bonds. The monoisotopic (exact) mass is 271 g/mol. The molecule has 5 nitrogen and oxygen atoms in total. The largest absolute Gasteiger partial charge is 0.381 e. The Hall–Kier alpha value is -1.07. The molecule has 1 aromatic heterocycles. The molecular weight excluding hydrogens is 254 g/mol. The van der Waals surface area contributed by atoms with Crippen molar-refractivity contribution in [2.24, 2.45) is 13.0 Å². The highest BCUT2D eigenvalue weighted by molar-refractivity contribution is 6.30. The number of halogens is 1. The molecule has 0 aromatic carbocycles. The van der Waals surface area contributed by atoms with Crippen LogP contribution in [0.15, 0.2) is 0 Å². The maximum Gasteiger partial charge on any atom is 0.228 e. The SMILES string of the molecule is Cc1nn(C)c(Cl)c1CN(C)C(=O)[C@@H]1CCOC1. The van der Waals surface area contributed by atoms with E-state index >= 15 is 0 Å². The Bertz CT molecular complexity index is 452. The molecule has 100 valence electrons. The third-order valence-corrected chi connectivity index (χ3v) is 3.79. The highest BCUT2D eigenvalue weighted by Crippen LogP contribution is 2.22. The summed E-state index contributed by atoms with van der Waals surface area (Å²) in [6, 6.07) is 0. The van der Waals surface area contributed by atoms with E-state index in [9.17, 15) is 4.79 Å². The zero-order valence-electron chi connectivity index (χ0n) is 10.9. The van der Waals surface area contributed by atoms with Crippen LogP contribution in [-0.2, 0) is 23.1 Å². The van der Waals surface area contributed by atoms with Crippen LogP contribution in [0.5, 0.6) is 0 Å². The maximum absolute atomic E-state index is 12.2. The van der Waals surface area contributed by atoms with Crippen molar-refractivity contribution in [2.45, 2.75) is 19.9 Å². The van der Waals surface area contributed by atoms with Crippen LogP contribution in [0.4, 0.5) is 0 Å². The Morgan fingerprint density at radius 2 is 2.39 bits per heavy atom. The molecule has 0 spiro atoms. The van der Waals surface area contributed by atoms with Crippen molar-refractivity contribution in [1.82, 2.24) is 14.7 Å². The molecule has 2 heterocycles. The Balaban J connectivity index is 2.06. The van der Waals surface area contributed by atoms with Crippen molar-refractivity contribution in [3.63, 3.8) is 0 Å². The zero-order valence-corrected chi connectivity index (χ0v) is 11.7. The van der Waals surface area contributed by atoms with Crippen LogP contribution in [0.25, 0.3) is 0 Å². The number of hydrogen-bond acceptors (Lipinski definition) is 3. The van der Waals surface area contributed by atoms with Crippen LogP contribution in [0.3, 0.4) is 0 Å². The lowest BCUT2D eigenvalue weighted by atomic mass is 10.1. The summed E-state index contributed by atoms with van der Waals surface area (Å²) in [6.45, 7) is 3.60. The first-order valence-electron chi connectivity index (χ1n) is 6.01. The van der Waals surface area contributed by atoms with Gasteiger partial charge < -0.3 is 9.64 Å². The van der Waals surface area contributed by atoms with Gasteiger partial charge in [-0.25, -0.2) is 0 Å².